The Morgan fingerprint density at radius 2 is 2.06 bits per heavy atom. The number of benzene rings is 1. The van der Waals surface area contributed by atoms with Crippen LogP contribution in [0.25, 0.3) is 0 Å². The number of halogens is 1. The second kappa shape index (κ2) is 4.00. The Kier molecular flexibility index (Phi) is 2.60. The molecule has 0 radical (unpaired) electrons. The second-order valence-electron chi connectivity index (χ2n) is 4.88. The van der Waals surface area contributed by atoms with Crippen LogP contribution in [0.5, 0.6) is 0 Å². The summed E-state index contributed by atoms with van der Waals surface area (Å²) in [6.45, 7) is 1.59. The molecular formula is C13H14ClNO2. The van der Waals surface area contributed by atoms with E-state index in [1.54, 1.807) is 0 Å². The van der Waals surface area contributed by atoms with Gasteiger partial charge in [-0.3, -0.25) is 4.79 Å². The van der Waals surface area contributed by atoms with Crippen LogP contribution in [0.4, 0.5) is 0 Å². The lowest BCUT2D eigenvalue weighted by Gasteiger charge is -2.19. The summed E-state index contributed by atoms with van der Waals surface area (Å²) in [6.07, 6.45) is 0. The minimum Gasteiger partial charge on any atom is -0.396 e. The molecule has 0 aromatic heterocycles. The number of aliphatic hydroxyl groups is 1. The van der Waals surface area contributed by atoms with Gasteiger partial charge in [0.05, 0.1) is 0 Å². The molecule has 17 heavy (non-hydrogen) atoms. The molecule has 2 fully saturated rings. The summed E-state index contributed by atoms with van der Waals surface area (Å²) in [4.78, 5) is 13.9. The van der Waals surface area contributed by atoms with E-state index in [1.807, 2.05) is 29.2 Å². The van der Waals surface area contributed by atoms with Gasteiger partial charge >= 0.3 is 0 Å². The van der Waals surface area contributed by atoms with Crippen molar-refractivity contribution in [3.8, 4) is 0 Å². The van der Waals surface area contributed by atoms with Gasteiger partial charge in [0.15, 0.2) is 0 Å². The van der Waals surface area contributed by atoms with E-state index < -0.39 is 0 Å². The molecule has 3 rings (SSSR count). The summed E-state index contributed by atoms with van der Waals surface area (Å²) in [7, 11) is 0. The van der Waals surface area contributed by atoms with Crippen molar-refractivity contribution < 1.29 is 9.90 Å². The summed E-state index contributed by atoms with van der Waals surface area (Å²) in [5.41, 5.74) is 1.10. The summed E-state index contributed by atoms with van der Waals surface area (Å²) in [5, 5.41) is 9.76. The topological polar surface area (TPSA) is 40.5 Å². The zero-order valence-corrected chi connectivity index (χ0v) is 10.1. The molecule has 2 aliphatic rings. The van der Waals surface area contributed by atoms with Crippen molar-refractivity contribution in [1.82, 2.24) is 4.90 Å². The van der Waals surface area contributed by atoms with E-state index in [9.17, 15) is 4.79 Å². The van der Waals surface area contributed by atoms with Crippen LogP contribution in [0.1, 0.15) is 5.56 Å². The number of rotatable bonds is 3. The molecule has 1 saturated carbocycles. The fourth-order valence-corrected chi connectivity index (χ4v) is 2.94. The highest BCUT2D eigenvalue weighted by Crippen LogP contribution is 2.52. The van der Waals surface area contributed by atoms with Crippen molar-refractivity contribution in [1.29, 1.82) is 0 Å². The van der Waals surface area contributed by atoms with Crippen LogP contribution >= 0.6 is 11.6 Å². The molecule has 1 amide bonds. The first-order chi connectivity index (χ1) is 8.20. The highest BCUT2D eigenvalue weighted by molar-refractivity contribution is 6.30. The Balaban J connectivity index is 1.65. The molecule has 1 saturated heterocycles. The first kappa shape index (κ1) is 11.1. The average molecular weight is 252 g/mol. The highest BCUT2D eigenvalue weighted by Gasteiger charge is 2.60. The number of hydrogen-bond acceptors (Lipinski definition) is 2. The first-order valence-electron chi connectivity index (χ1n) is 5.85. The Labute approximate surface area is 105 Å². The Hall–Kier alpha value is -1.06. The number of fused-ring (bicyclic) bond motifs is 1. The van der Waals surface area contributed by atoms with Crippen LogP contribution in [0.3, 0.4) is 0 Å². The molecule has 1 N–H and O–H groups in total. The quantitative estimate of drug-likeness (QED) is 0.885. The fourth-order valence-electron chi connectivity index (χ4n) is 2.82. The first-order valence-corrected chi connectivity index (χ1v) is 6.22. The Morgan fingerprint density at radius 1 is 1.35 bits per heavy atom. The van der Waals surface area contributed by atoms with Gasteiger partial charge in [-0.05, 0) is 29.5 Å². The number of carbonyl (C=O) groups excluding carboxylic acids is 1. The largest absolute Gasteiger partial charge is 0.396 e. The third-order valence-corrected chi connectivity index (χ3v) is 4.11. The van der Waals surface area contributed by atoms with Crippen LogP contribution in [-0.4, -0.2) is 29.1 Å². The van der Waals surface area contributed by atoms with Gasteiger partial charge < -0.3 is 10.0 Å². The van der Waals surface area contributed by atoms with Crippen LogP contribution in [0.15, 0.2) is 24.3 Å². The van der Waals surface area contributed by atoms with Crippen molar-refractivity contribution in [3.63, 3.8) is 0 Å². The second-order valence-corrected chi connectivity index (χ2v) is 5.32. The minimum atomic E-state index is 0.0901. The molecule has 90 valence electrons. The van der Waals surface area contributed by atoms with Crippen LogP contribution in [0, 0.1) is 17.8 Å². The van der Waals surface area contributed by atoms with E-state index in [4.69, 9.17) is 16.7 Å². The van der Waals surface area contributed by atoms with Crippen molar-refractivity contribution in [2.75, 3.05) is 13.2 Å². The van der Waals surface area contributed by atoms with E-state index in [0.29, 0.717) is 17.5 Å². The van der Waals surface area contributed by atoms with Crippen molar-refractivity contribution >= 4 is 17.5 Å². The van der Waals surface area contributed by atoms with E-state index in [-0.39, 0.29) is 24.3 Å². The van der Waals surface area contributed by atoms with Gasteiger partial charge in [0.1, 0.15) is 0 Å². The predicted molar refractivity (Wildman–Crippen MR) is 64.4 cm³/mol. The van der Waals surface area contributed by atoms with Crippen LogP contribution in [-0.2, 0) is 11.3 Å². The summed E-state index contributed by atoms with van der Waals surface area (Å²) < 4.78 is 0. The van der Waals surface area contributed by atoms with Crippen molar-refractivity contribution in [2.24, 2.45) is 17.8 Å². The number of piperidine rings is 1. The number of hydrogen-bond donors (Lipinski definition) is 1. The molecule has 3 atom stereocenters. The highest BCUT2D eigenvalue weighted by atomic mass is 35.5. The molecular weight excluding hydrogens is 238 g/mol. The molecule has 1 heterocycles. The van der Waals surface area contributed by atoms with Gasteiger partial charge in [-0.1, -0.05) is 23.7 Å². The molecule has 0 spiro atoms. The molecule has 1 aliphatic carbocycles. The summed E-state index contributed by atoms with van der Waals surface area (Å²) >= 11 is 5.82. The molecule has 1 aliphatic heterocycles. The van der Waals surface area contributed by atoms with Crippen LogP contribution < -0.4 is 0 Å². The zero-order chi connectivity index (χ0) is 12.0. The smallest absolute Gasteiger partial charge is 0.226 e. The maximum atomic E-state index is 12.0. The molecule has 3 nitrogen and oxygen atoms in total. The SMILES string of the molecule is O=C1C2C(CO)C2CN1Cc1ccc(Cl)cc1. The third-order valence-electron chi connectivity index (χ3n) is 3.86. The van der Waals surface area contributed by atoms with Gasteiger partial charge in [-0.15, -0.1) is 0 Å². The molecule has 0 bridgehead atoms. The standard InChI is InChI=1S/C13H14ClNO2/c14-9-3-1-8(2-4-9)5-15-6-10-11(7-16)12(10)13(15)17/h1-4,10-12,16H,5-7H2. The molecule has 1 aromatic rings. The lowest BCUT2D eigenvalue weighted by molar-refractivity contribution is -0.131. The average Bonchev–Trinajstić information content (AvgIpc) is 2.94. The maximum absolute atomic E-state index is 12.0. The van der Waals surface area contributed by atoms with Crippen molar-refractivity contribution in [2.45, 2.75) is 6.54 Å². The molecule has 3 unspecified atom stereocenters. The zero-order valence-electron chi connectivity index (χ0n) is 9.34. The van der Waals surface area contributed by atoms with Crippen molar-refractivity contribution in [3.05, 3.63) is 34.9 Å². The van der Waals surface area contributed by atoms with E-state index in [0.717, 1.165) is 12.1 Å². The summed E-state index contributed by atoms with van der Waals surface area (Å²) in [5.74, 6) is 0.903. The fraction of sp³-hybridized carbons (Fsp3) is 0.462. The predicted octanol–water partition coefficient (Wildman–Crippen LogP) is 1.54. The third kappa shape index (κ3) is 1.83. The van der Waals surface area contributed by atoms with Gasteiger partial charge in [-0.25, -0.2) is 0 Å². The monoisotopic (exact) mass is 251 g/mol. The molecule has 1 aromatic carbocycles. The Morgan fingerprint density at radius 3 is 2.59 bits per heavy atom. The van der Waals surface area contributed by atoms with Gasteiger partial charge in [0.25, 0.3) is 0 Å². The number of nitrogens with zero attached hydrogens (tertiary/aromatic N) is 1. The van der Waals surface area contributed by atoms with Gasteiger partial charge in [-0.2, -0.15) is 0 Å². The minimum absolute atomic E-state index is 0.0901. The van der Waals surface area contributed by atoms with E-state index in [2.05, 4.69) is 0 Å². The number of aliphatic hydroxyl groups excluding tert-OH is 1. The van der Waals surface area contributed by atoms with E-state index >= 15 is 0 Å². The normalized spacial score (nSPS) is 30.6. The lowest BCUT2D eigenvalue weighted by Crippen LogP contribution is -2.30. The number of likely N-dealkylation sites (tertiary alicyclic amines) is 1. The number of carbonyl (C=O) groups is 1. The van der Waals surface area contributed by atoms with Crippen LogP contribution in [0.2, 0.25) is 5.02 Å². The van der Waals surface area contributed by atoms with Gasteiger partial charge in [0.2, 0.25) is 5.91 Å². The maximum Gasteiger partial charge on any atom is 0.226 e. The lowest BCUT2D eigenvalue weighted by atomic mass is 10.2. The summed E-state index contributed by atoms with van der Waals surface area (Å²) in [6, 6.07) is 7.58. The Bertz CT molecular complexity index is 445. The van der Waals surface area contributed by atoms with Gasteiger partial charge in [0, 0.05) is 30.6 Å². The van der Waals surface area contributed by atoms with E-state index in [1.165, 1.54) is 0 Å². The number of amides is 1. The molecule has 4 heteroatoms.